The standard InChI is InChI=1S/C20H27ClN2O3Si/c1-20(2,3)27(5,6)26-13-15-8-7-14(11-18(15)25-4)17(24)12-16-9-10-22-19(21)23-16/h7-11H,12-13H2,1-6H3. The fraction of sp³-hybridized carbons (Fsp3) is 0.450. The molecule has 0 bridgehead atoms. The molecule has 0 aliphatic rings. The molecular weight excluding hydrogens is 380 g/mol. The monoisotopic (exact) mass is 406 g/mol. The smallest absolute Gasteiger partial charge is 0.222 e. The molecule has 0 saturated heterocycles. The van der Waals surface area contributed by atoms with Crippen LogP contribution in [0.15, 0.2) is 30.5 Å². The molecule has 0 N–H and O–H groups in total. The zero-order valence-corrected chi connectivity index (χ0v) is 18.6. The van der Waals surface area contributed by atoms with Gasteiger partial charge in [-0.25, -0.2) is 9.97 Å². The Labute approximate surface area is 167 Å². The Hall–Kier alpha value is -1.76. The van der Waals surface area contributed by atoms with E-state index in [0.717, 1.165) is 5.56 Å². The first-order valence-electron chi connectivity index (χ1n) is 8.85. The summed E-state index contributed by atoms with van der Waals surface area (Å²) in [6, 6.07) is 7.14. The van der Waals surface area contributed by atoms with Gasteiger partial charge in [0.1, 0.15) is 5.75 Å². The van der Waals surface area contributed by atoms with Gasteiger partial charge in [-0.15, -0.1) is 0 Å². The number of nitrogens with zero attached hydrogens (tertiary/aromatic N) is 2. The van der Waals surface area contributed by atoms with Crippen LogP contribution in [0, 0.1) is 0 Å². The largest absolute Gasteiger partial charge is 0.496 e. The lowest BCUT2D eigenvalue weighted by Gasteiger charge is -2.36. The fourth-order valence-corrected chi connectivity index (χ4v) is 3.36. The third-order valence-electron chi connectivity index (χ3n) is 5.03. The first kappa shape index (κ1) is 21.5. The van der Waals surface area contributed by atoms with Crippen LogP contribution >= 0.6 is 11.6 Å². The molecule has 0 aliphatic carbocycles. The van der Waals surface area contributed by atoms with Crippen LogP contribution in [-0.4, -0.2) is 31.2 Å². The van der Waals surface area contributed by atoms with Crippen LogP contribution in [0.3, 0.4) is 0 Å². The molecule has 146 valence electrons. The minimum Gasteiger partial charge on any atom is -0.496 e. The highest BCUT2D eigenvalue weighted by atomic mass is 35.5. The molecule has 5 nitrogen and oxygen atoms in total. The van der Waals surface area contributed by atoms with Gasteiger partial charge in [0.15, 0.2) is 14.1 Å². The van der Waals surface area contributed by atoms with Crippen LogP contribution in [0.4, 0.5) is 0 Å². The number of carbonyl (C=O) groups is 1. The Kier molecular flexibility index (Phi) is 6.78. The maximum Gasteiger partial charge on any atom is 0.222 e. The second-order valence-corrected chi connectivity index (χ2v) is 13.1. The molecule has 0 spiro atoms. The minimum atomic E-state index is -1.86. The summed E-state index contributed by atoms with van der Waals surface area (Å²) in [4.78, 5) is 20.5. The van der Waals surface area contributed by atoms with Gasteiger partial charge in [-0.2, -0.15) is 0 Å². The summed E-state index contributed by atoms with van der Waals surface area (Å²) >= 11 is 5.78. The van der Waals surface area contributed by atoms with Crippen molar-refractivity contribution < 1.29 is 14.0 Å². The van der Waals surface area contributed by atoms with Gasteiger partial charge in [0.05, 0.1) is 25.8 Å². The van der Waals surface area contributed by atoms with Gasteiger partial charge >= 0.3 is 0 Å². The van der Waals surface area contributed by atoms with Crippen LogP contribution < -0.4 is 4.74 Å². The van der Waals surface area contributed by atoms with Crippen molar-refractivity contribution in [1.29, 1.82) is 0 Å². The van der Waals surface area contributed by atoms with E-state index in [1.807, 2.05) is 6.07 Å². The van der Waals surface area contributed by atoms with Gasteiger partial charge in [-0.05, 0) is 41.9 Å². The van der Waals surface area contributed by atoms with Crippen molar-refractivity contribution in [2.24, 2.45) is 0 Å². The van der Waals surface area contributed by atoms with Crippen molar-refractivity contribution in [3.05, 3.63) is 52.6 Å². The Morgan fingerprint density at radius 3 is 2.52 bits per heavy atom. The number of methoxy groups -OCH3 is 1. The SMILES string of the molecule is COc1cc(C(=O)Cc2ccnc(Cl)n2)ccc1CO[Si](C)(C)C(C)(C)C. The molecular formula is C20H27ClN2O3Si. The van der Waals surface area contributed by atoms with Crippen molar-refractivity contribution in [3.63, 3.8) is 0 Å². The average molecular weight is 407 g/mol. The van der Waals surface area contributed by atoms with Gasteiger partial charge in [-0.1, -0.05) is 32.9 Å². The fourth-order valence-electron chi connectivity index (χ4n) is 2.25. The lowest BCUT2D eigenvalue weighted by molar-refractivity contribution is 0.0991. The van der Waals surface area contributed by atoms with E-state index in [4.69, 9.17) is 20.8 Å². The number of Topliss-reactive ketones (excluding diaryl/α,β-unsaturated/α-hetero) is 1. The Balaban J connectivity index is 2.14. The summed E-state index contributed by atoms with van der Waals surface area (Å²) < 4.78 is 11.8. The molecule has 1 aromatic carbocycles. The van der Waals surface area contributed by atoms with E-state index in [1.165, 1.54) is 0 Å². The van der Waals surface area contributed by atoms with E-state index >= 15 is 0 Å². The summed E-state index contributed by atoms with van der Waals surface area (Å²) in [7, 11) is -0.264. The third-order valence-corrected chi connectivity index (χ3v) is 9.69. The number of carbonyl (C=O) groups excluding carboxylic acids is 1. The van der Waals surface area contributed by atoms with E-state index in [9.17, 15) is 4.79 Å². The molecule has 0 saturated carbocycles. The third kappa shape index (κ3) is 5.61. The highest BCUT2D eigenvalue weighted by Crippen LogP contribution is 2.37. The molecule has 0 unspecified atom stereocenters. The summed E-state index contributed by atoms with van der Waals surface area (Å²) in [6.07, 6.45) is 1.70. The molecule has 0 amide bonds. The van der Waals surface area contributed by atoms with E-state index < -0.39 is 8.32 Å². The summed E-state index contributed by atoms with van der Waals surface area (Å²) in [5.41, 5.74) is 2.09. The summed E-state index contributed by atoms with van der Waals surface area (Å²) in [6.45, 7) is 11.5. The molecule has 2 aromatic rings. The molecule has 1 aromatic heterocycles. The predicted octanol–water partition coefficient (Wildman–Crippen LogP) is 5.09. The molecule has 0 radical (unpaired) electrons. The molecule has 27 heavy (non-hydrogen) atoms. The number of rotatable bonds is 7. The highest BCUT2D eigenvalue weighted by Gasteiger charge is 2.37. The van der Waals surface area contributed by atoms with Gasteiger partial charge in [0, 0.05) is 17.3 Å². The first-order valence-corrected chi connectivity index (χ1v) is 12.1. The molecule has 2 rings (SSSR count). The number of hydrogen-bond acceptors (Lipinski definition) is 5. The average Bonchev–Trinajstić information content (AvgIpc) is 2.58. The Morgan fingerprint density at radius 2 is 1.93 bits per heavy atom. The van der Waals surface area contributed by atoms with E-state index in [0.29, 0.717) is 23.6 Å². The van der Waals surface area contributed by atoms with E-state index in [-0.39, 0.29) is 22.5 Å². The van der Waals surface area contributed by atoms with Gasteiger partial charge in [-0.3, -0.25) is 4.79 Å². The van der Waals surface area contributed by atoms with Crippen LogP contribution in [0.1, 0.15) is 42.4 Å². The topological polar surface area (TPSA) is 61.3 Å². The Morgan fingerprint density at radius 1 is 1.22 bits per heavy atom. The number of halogens is 1. The summed E-state index contributed by atoms with van der Waals surface area (Å²) in [5, 5.41) is 0.269. The number of hydrogen-bond donors (Lipinski definition) is 0. The van der Waals surface area contributed by atoms with E-state index in [2.05, 4.69) is 43.8 Å². The van der Waals surface area contributed by atoms with Crippen molar-refractivity contribution in [2.75, 3.05) is 7.11 Å². The quantitative estimate of drug-likeness (QED) is 0.364. The van der Waals surface area contributed by atoms with Crippen molar-refractivity contribution in [2.45, 2.75) is 51.9 Å². The summed E-state index contributed by atoms with van der Waals surface area (Å²) in [5.74, 6) is 0.597. The normalized spacial score (nSPS) is 12.1. The highest BCUT2D eigenvalue weighted by molar-refractivity contribution is 6.74. The first-order chi connectivity index (χ1) is 12.5. The zero-order valence-electron chi connectivity index (χ0n) is 16.8. The van der Waals surface area contributed by atoms with Gasteiger partial charge in [0.2, 0.25) is 5.28 Å². The van der Waals surface area contributed by atoms with Crippen molar-refractivity contribution in [3.8, 4) is 5.75 Å². The molecule has 0 atom stereocenters. The number of ether oxygens (including phenoxy) is 1. The van der Waals surface area contributed by atoms with Crippen molar-refractivity contribution in [1.82, 2.24) is 9.97 Å². The van der Waals surface area contributed by atoms with Crippen molar-refractivity contribution >= 4 is 25.7 Å². The molecule has 1 heterocycles. The maximum atomic E-state index is 12.6. The second kappa shape index (κ2) is 8.50. The maximum absolute atomic E-state index is 12.6. The van der Waals surface area contributed by atoms with Crippen LogP contribution in [-0.2, 0) is 17.5 Å². The Bertz CT molecular complexity index is 819. The van der Waals surface area contributed by atoms with Crippen LogP contribution in [0.2, 0.25) is 23.4 Å². The van der Waals surface area contributed by atoms with Gasteiger partial charge in [0.25, 0.3) is 0 Å². The molecule has 0 fully saturated rings. The van der Waals surface area contributed by atoms with Crippen LogP contribution in [0.25, 0.3) is 0 Å². The predicted molar refractivity (Wildman–Crippen MR) is 110 cm³/mol. The lowest BCUT2D eigenvalue weighted by atomic mass is 10.0. The second-order valence-electron chi connectivity index (χ2n) is 7.99. The number of aromatic nitrogens is 2. The van der Waals surface area contributed by atoms with Gasteiger partial charge < -0.3 is 9.16 Å². The lowest BCUT2D eigenvalue weighted by Crippen LogP contribution is -2.40. The number of benzene rings is 1. The minimum absolute atomic E-state index is 0.0556. The van der Waals surface area contributed by atoms with Crippen LogP contribution in [0.5, 0.6) is 5.75 Å². The molecule has 7 heteroatoms. The number of ketones is 1. The van der Waals surface area contributed by atoms with E-state index in [1.54, 1.807) is 31.5 Å². The zero-order chi connectivity index (χ0) is 20.2. The molecule has 0 aliphatic heterocycles.